The van der Waals surface area contributed by atoms with Gasteiger partial charge in [0.05, 0.1) is 6.04 Å². The quantitative estimate of drug-likeness (QED) is 0.226. The highest BCUT2D eigenvalue weighted by atomic mass is 32.2. The normalized spacial score (nSPS) is 18.5. The fourth-order valence-corrected chi connectivity index (χ4v) is 6.57. The zero-order valence-electron chi connectivity index (χ0n) is 26.7. The molecule has 252 valence electrons. The van der Waals surface area contributed by atoms with Gasteiger partial charge in [-0.15, -0.1) is 0 Å². The number of aliphatic hydroxyl groups excluding tert-OH is 1. The van der Waals surface area contributed by atoms with Crippen molar-refractivity contribution in [1.82, 2.24) is 20.5 Å². The fraction of sp³-hybridized carbons (Fsp3) is 0.588. The summed E-state index contributed by atoms with van der Waals surface area (Å²) in [6.07, 6.45) is 8.40. The number of hydrogen-bond acceptors (Lipinski definition) is 9. The summed E-state index contributed by atoms with van der Waals surface area (Å²) >= 11 is 1.41. The lowest BCUT2D eigenvalue weighted by atomic mass is 9.83. The molecule has 2 heterocycles. The summed E-state index contributed by atoms with van der Waals surface area (Å²) in [5.41, 5.74) is 6.83. The van der Waals surface area contributed by atoms with Gasteiger partial charge in [-0.1, -0.05) is 68.5 Å². The van der Waals surface area contributed by atoms with Crippen molar-refractivity contribution in [2.75, 3.05) is 31.7 Å². The van der Waals surface area contributed by atoms with Gasteiger partial charge in [0.1, 0.15) is 18.8 Å². The van der Waals surface area contributed by atoms with Crippen molar-refractivity contribution < 1.29 is 29.0 Å². The molecule has 1 aromatic carbocycles. The molecule has 12 heteroatoms. The van der Waals surface area contributed by atoms with Crippen molar-refractivity contribution in [3.8, 4) is 5.88 Å². The molecule has 0 unspecified atom stereocenters. The largest absolute Gasteiger partial charge is 0.475 e. The van der Waals surface area contributed by atoms with E-state index < -0.39 is 42.2 Å². The molecule has 0 bridgehead atoms. The van der Waals surface area contributed by atoms with E-state index in [2.05, 4.69) is 15.6 Å². The predicted octanol–water partition coefficient (Wildman–Crippen LogP) is 3.30. The molecule has 0 spiro atoms. The summed E-state index contributed by atoms with van der Waals surface area (Å²) in [6, 6.07) is 13.2. The summed E-state index contributed by atoms with van der Waals surface area (Å²) in [4.78, 5) is 46.3. The van der Waals surface area contributed by atoms with E-state index in [0.717, 1.165) is 31.2 Å². The molecule has 4 atom stereocenters. The topological polar surface area (TPSA) is 156 Å². The first-order chi connectivity index (χ1) is 22.3. The van der Waals surface area contributed by atoms with Gasteiger partial charge >= 0.3 is 6.09 Å². The molecule has 0 radical (unpaired) electrons. The van der Waals surface area contributed by atoms with Crippen molar-refractivity contribution in [2.24, 2.45) is 11.7 Å². The number of aromatic nitrogens is 1. The first-order valence-corrected chi connectivity index (χ1v) is 17.8. The van der Waals surface area contributed by atoms with Crippen LogP contribution in [0.15, 0.2) is 54.7 Å². The van der Waals surface area contributed by atoms with E-state index in [0.29, 0.717) is 49.9 Å². The van der Waals surface area contributed by atoms with Crippen LogP contribution in [0.2, 0.25) is 0 Å². The lowest BCUT2D eigenvalue weighted by Gasteiger charge is -2.32. The number of likely N-dealkylation sites (tertiary alicyclic amines) is 1. The number of nitrogens with one attached hydrogen (secondary N) is 2. The molecule has 1 saturated carbocycles. The van der Waals surface area contributed by atoms with Gasteiger partial charge in [0.15, 0.2) is 6.10 Å². The smallest absolute Gasteiger partial charge is 0.410 e. The first kappa shape index (κ1) is 35.5. The average molecular weight is 656 g/mol. The number of piperidine rings is 1. The SMILES string of the molecule is CSC[C@H](NC(=O)[C@H](Cc1ccccc1)OC(=O)N1CCC(N)CC1)C(=O)N[C@@H](CC1CCCCC1)[C@H](O)COc1ccccn1. The minimum atomic E-state index is -1.14. The molecule has 1 aliphatic heterocycles. The molecule has 5 N–H and O–H groups in total. The van der Waals surface area contributed by atoms with Crippen LogP contribution >= 0.6 is 11.8 Å². The van der Waals surface area contributed by atoms with Gasteiger partial charge in [-0.3, -0.25) is 9.59 Å². The average Bonchev–Trinajstić information content (AvgIpc) is 3.08. The lowest BCUT2D eigenvalue weighted by molar-refractivity contribution is -0.134. The number of pyridine rings is 1. The number of carbonyl (C=O) groups is 3. The third-order valence-corrected chi connectivity index (χ3v) is 9.37. The van der Waals surface area contributed by atoms with E-state index in [1.165, 1.54) is 18.2 Å². The number of carbonyl (C=O) groups excluding carboxylic acids is 3. The van der Waals surface area contributed by atoms with Crippen LogP contribution in [0.3, 0.4) is 0 Å². The van der Waals surface area contributed by atoms with Crippen LogP contribution in [0.5, 0.6) is 5.88 Å². The Kier molecular flexibility index (Phi) is 14.4. The molecule has 1 saturated heterocycles. The maximum Gasteiger partial charge on any atom is 0.410 e. The monoisotopic (exact) mass is 655 g/mol. The molecular weight excluding hydrogens is 606 g/mol. The van der Waals surface area contributed by atoms with Crippen LogP contribution in [-0.2, 0) is 20.7 Å². The van der Waals surface area contributed by atoms with Crippen molar-refractivity contribution in [3.63, 3.8) is 0 Å². The summed E-state index contributed by atoms with van der Waals surface area (Å²) in [5.74, 6) is 0.0992. The van der Waals surface area contributed by atoms with Gasteiger partial charge in [0.2, 0.25) is 11.8 Å². The number of rotatable bonds is 15. The standard InChI is InChI=1S/C34H49N5O6S/c1-46-23-28(32(41)37-27(20-24-10-4-2-5-11-24)29(40)22-44-31-14-8-9-17-36-31)38-33(42)30(21-25-12-6-3-7-13-25)45-34(43)39-18-15-26(35)16-19-39/h3,6-9,12-14,17,24,26-30,40H,2,4-5,10-11,15-16,18-23,35H2,1H3,(H,37,41)(H,38,42)/t27-,28-,29+,30-/m0/s1. The van der Waals surface area contributed by atoms with Gasteiger partial charge in [0, 0.05) is 43.6 Å². The van der Waals surface area contributed by atoms with Gasteiger partial charge in [-0.2, -0.15) is 11.8 Å². The number of nitrogens with two attached hydrogens (primary N) is 1. The zero-order chi connectivity index (χ0) is 32.7. The third-order valence-electron chi connectivity index (χ3n) is 8.71. The summed E-state index contributed by atoms with van der Waals surface area (Å²) in [6.45, 7) is 0.891. The molecular formula is C34H49N5O6S. The minimum Gasteiger partial charge on any atom is -0.475 e. The molecule has 46 heavy (non-hydrogen) atoms. The molecule has 11 nitrogen and oxygen atoms in total. The summed E-state index contributed by atoms with van der Waals surface area (Å²) in [5, 5.41) is 17.1. The molecule has 2 aliphatic rings. The highest BCUT2D eigenvalue weighted by Gasteiger charge is 2.33. The molecule has 2 fully saturated rings. The minimum absolute atomic E-state index is 0.0370. The Morgan fingerprint density at radius 2 is 1.72 bits per heavy atom. The highest BCUT2D eigenvalue weighted by Crippen LogP contribution is 2.28. The van der Waals surface area contributed by atoms with E-state index in [1.807, 2.05) is 36.6 Å². The van der Waals surface area contributed by atoms with Crippen LogP contribution in [0.4, 0.5) is 4.79 Å². The number of amides is 3. The number of aliphatic hydroxyl groups is 1. The van der Waals surface area contributed by atoms with Crippen LogP contribution in [-0.4, -0.2) is 94.9 Å². The lowest BCUT2D eigenvalue weighted by Crippen LogP contribution is -2.56. The van der Waals surface area contributed by atoms with Gasteiger partial charge < -0.3 is 35.8 Å². The van der Waals surface area contributed by atoms with Crippen LogP contribution in [0, 0.1) is 5.92 Å². The van der Waals surface area contributed by atoms with E-state index in [1.54, 1.807) is 29.3 Å². The second kappa shape index (κ2) is 18.7. The third kappa shape index (κ3) is 11.5. The van der Waals surface area contributed by atoms with Crippen LogP contribution < -0.4 is 21.1 Å². The van der Waals surface area contributed by atoms with E-state index in [-0.39, 0.29) is 19.1 Å². The van der Waals surface area contributed by atoms with Crippen molar-refractivity contribution in [3.05, 3.63) is 60.3 Å². The Morgan fingerprint density at radius 3 is 2.39 bits per heavy atom. The Bertz CT molecular complexity index is 1210. The van der Waals surface area contributed by atoms with E-state index in [9.17, 15) is 19.5 Å². The van der Waals surface area contributed by atoms with Gasteiger partial charge in [-0.25, -0.2) is 9.78 Å². The maximum atomic E-state index is 13.7. The molecule has 3 amide bonds. The number of nitrogens with zero attached hydrogens (tertiary/aromatic N) is 2. The summed E-state index contributed by atoms with van der Waals surface area (Å²) < 4.78 is 11.5. The van der Waals surface area contributed by atoms with Gasteiger partial charge in [-0.05, 0) is 43.1 Å². The Labute approximate surface area is 276 Å². The second-order valence-electron chi connectivity index (χ2n) is 12.3. The van der Waals surface area contributed by atoms with Gasteiger partial charge in [0.25, 0.3) is 5.91 Å². The van der Waals surface area contributed by atoms with E-state index >= 15 is 0 Å². The van der Waals surface area contributed by atoms with Crippen molar-refractivity contribution in [1.29, 1.82) is 0 Å². The molecule has 2 aromatic rings. The van der Waals surface area contributed by atoms with Crippen molar-refractivity contribution >= 4 is 29.7 Å². The van der Waals surface area contributed by atoms with Crippen molar-refractivity contribution in [2.45, 2.75) is 88.1 Å². The predicted molar refractivity (Wildman–Crippen MR) is 178 cm³/mol. The number of ether oxygens (including phenoxy) is 2. The van der Waals surface area contributed by atoms with Crippen LogP contribution in [0.25, 0.3) is 0 Å². The van der Waals surface area contributed by atoms with Crippen LogP contribution in [0.1, 0.15) is 56.9 Å². The molecule has 4 rings (SSSR count). The zero-order valence-corrected chi connectivity index (χ0v) is 27.5. The Balaban J connectivity index is 1.44. The summed E-state index contributed by atoms with van der Waals surface area (Å²) in [7, 11) is 0. The first-order valence-electron chi connectivity index (χ1n) is 16.4. The molecule has 1 aromatic heterocycles. The highest BCUT2D eigenvalue weighted by molar-refractivity contribution is 7.98. The number of thioether (sulfide) groups is 1. The fourth-order valence-electron chi connectivity index (χ4n) is 6.01. The Hall–Kier alpha value is -3.35. The number of benzene rings is 1. The van der Waals surface area contributed by atoms with E-state index in [4.69, 9.17) is 15.2 Å². The molecule has 1 aliphatic carbocycles. The maximum absolute atomic E-state index is 13.7. The second-order valence-corrected chi connectivity index (χ2v) is 13.2. The Morgan fingerprint density at radius 1 is 1.00 bits per heavy atom. The number of hydrogen-bond donors (Lipinski definition) is 4.